The highest BCUT2D eigenvalue weighted by molar-refractivity contribution is 5.36. The molecule has 21 heavy (non-hydrogen) atoms. The Morgan fingerprint density at radius 1 is 1.05 bits per heavy atom. The van der Waals surface area contributed by atoms with Crippen LogP contribution in [0.4, 0.5) is 0 Å². The molecule has 0 fully saturated rings. The van der Waals surface area contributed by atoms with Crippen molar-refractivity contribution in [2.75, 3.05) is 6.61 Å². The van der Waals surface area contributed by atoms with Crippen LogP contribution in [0, 0.1) is 0 Å². The zero-order valence-electron chi connectivity index (χ0n) is 13.0. The van der Waals surface area contributed by atoms with E-state index in [1.165, 1.54) is 36.0 Å². The average Bonchev–Trinajstić information content (AvgIpc) is 2.53. The van der Waals surface area contributed by atoms with Gasteiger partial charge < -0.3 is 4.74 Å². The van der Waals surface area contributed by atoms with Gasteiger partial charge in [0.2, 0.25) is 0 Å². The van der Waals surface area contributed by atoms with Crippen molar-refractivity contribution < 1.29 is 4.74 Å². The minimum atomic E-state index is 0.500. The van der Waals surface area contributed by atoms with Gasteiger partial charge in [-0.1, -0.05) is 56.3 Å². The van der Waals surface area contributed by atoms with Crippen molar-refractivity contribution in [3.63, 3.8) is 0 Å². The maximum Gasteiger partial charge on any atom is 0.122 e. The largest absolute Gasteiger partial charge is 0.493 e. The van der Waals surface area contributed by atoms with Crippen molar-refractivity contribution in [1.29, 1.82) is 0 Å². The molecule has 1 aliphatic rings. The van der Waals surface area contributed by atoms with E-state index < -0.39 is 0 Å². The van der Waals surface area contributed by atoms with E-state index in [0.717, 1.165) is 12.4 Å². The van der Waals surface area contributed by atoms with Crippen LogP contribution >= 0.6 is 0 Å². The molecule has 0 N–H and O–H groups in total. The topological polar surface area (TPSA) is 9.23 Å². The second-order valence-electron chi connectivity index (χ2n) is 6.29. The maximum atomic E-state index is 6.19. The van der Waals surface area contributed by atoms with E-state index in [4.69, 9.17) is 4.74 Å². The van der Waals surface area contributed by atoms with Crippen LogP contribution in [0.5, 0.6) is 5.75 Å². The van der Waals surface area contributed by atoms with Crippen LogP contribution < -0.4 is 4.74 Å². The zero-order chi connectivity index (χ0) is 14.7. The summed E-state index contributed by atoms with van der Waals surface area (Å²) in [5, 5.41) is 0. The van der Waals surface area contributed by atoms with Crippen LogP contribution in [-0.4, -0.2) is 6.61 Å². The molecule has 0 amide bonds. The molecule has 1 aliphatic carbocycles. The Hall–Kier alpha value is -1.76. The summed E-state index contributed by atoms with van der Waals surface area (Å²) >= 11 is 0. The average molecular weight is 280 g/mol. The fourth-order valence-corrected chi connectivity index (χ4v) is 3.31. The molecule has 1 heteroatoms. The van der Waals surface area contributed by atoms with Crippen molar-refractivity contribution in [1.82, 2.24) is 0 Å². The van der Waals surface area contributed by atoms with Crippen molar-refractivity contribution in [2.24, 2.45) is 0 Å². The van der Waals surface area contributed by atoms with Crippen molar-refractivity contribution in [2.45, 2.75) is 44.9 Å². The first-order chi connectivity index (χ1) is 10.3. The molecule has 2 aromatic rings. The molecule has 0 heterocycles. The number of aryl methyl sites for hydroxylation is 1. The second-order valence-corrected chi connectivity index (χ2v) is 6.29. The number of para-hydroxylation sites is 1. The lowest BCUT2D eigenvalue weighted by atomic mass is 9.83. The van der Waals surface area contributed by atoms with E-state index in [1.54, 1.807) is 0 Å². The SMILES string of the molecule is CC(C)c1ccccc1OCC1CCCc2ccccc21. The van der Waals surface area contributed by atoms with E-state index in [1.807, 2.05) is 0 Å². The molecular weight excluding hydrogens is 256 g/mol. The molecule has 0 spiro atoms. The molecule has 0 aliphatic heterocycles. The van der Waals surface area contributed by atoms with Crippen LogP contribution in [0.1, 0.15) is 55.2 Å². The lowest BCUT2D eigenvalue weighted by Crippen LogP contribution is -2.17. The van der Waals surface area contributed by atoms with Gasteiger partial charge in [-0.25, -0.2) is 0 Å². The second kappa shape index (κ2) is 6.34. The monoisotopic (exact) mass is 280 g/mol. The predicted octanol–water partition coefficient (Wildman–Crippen LogP) is 5.31. The van der Waals surface area contributed by atoms with Gasteiger partial charge in [-0.05, 0) is 47.9 Å². The molecular formula is C20H24O. The third-order valence-electron chi connectivity index (χ3n) is 4.47. The minimum Gasteiger partial charge on any atom is -0.493 e. The van der Waals surface area contributed by atoms with E-state index >= 15 is 0 Å². The van der Waals surface area contributed by atoms with E-state index in [9.17, 15) is 0 Å². The molecule has 0 aromatic heterocycles. The van der Waals surface area contributed by atoms with Crippen LogP contribution in [-0.2, 0) is 6.42 Å². The zero-order valence-corrected chi connectivity index (χ0v) is 13.0. The van der Waals surface area contributed by atoms with Crippen LogP contribution in [0.3, 0.4) is 0 Å². The lowest BCUT2D eigenvalue weighted by molar-refractivity contribution is 0.271. The molecule has 2 aromatic carbocycles. The Balaban J connectivity index is 1.75. The molecule has 110 valence electrons. The number of benzene rings is 2. The molecule has 1 unspecified atom stereocenters. The van der Waals surface area contributed by atoms with E-state index in [2.05, 4.69) is 62.4 Å². The smallest absolute Gasteiger partial charge is 0.122 e. The summed E-state index contributed by atoms with van der Waals surface area (Å²) < 4.78 is 6.19. The number of fused-ring (bicyclic) bond motifs is 1. The Bertz CT molecular complexity index is 600. The molecule has 0 bridgehead atoms. The standard InChI is InChI=1S/C20H24O/c1-15(2)18-11-5-6-13-20(18)21-14-17-10-7-9-16-8-3-4-12-19(16)17/h3-6,8,11-13,15,17H,7,9-10,14H2,1-2H3. The van der Waals surface area contributed by atoms with Gasteiger partial charge in [-0.2, -0.15) is 0 Å². The Morgan fingerprint density at radius 2 is 1.81 bits per heavy atom. The minimum absolute atomic E-state index is 0.500. The van der Waals surface area contributed by atoms with Gasteiger partial charge in [0, 0.05) is 5.92 Å². The van der Waals surface area contributed by atoms with Gasteiger partial charge in [0.05, 0.1) is 6.61 Å². The summed E-state index contributed by atoms with van der Waals surface area (Å²) in [7, 11) is 0. The van der Waals surface area contributed by atoms with Crippen molar-refractivity contribution in [3.05, 3.63) is 65.2 Å². The summed E-state index contributed by atoms with van der Waals surface area (Å²) in [5.41, 5.74) is 4.31. The highest BCUT2D eigenvalue weighted by Gasteiger charge is 2.20. The van der Waals surface area contributed by atoms with Crippen molar-refractivity contribution in [3.8, 4) is 5.75 Å². The number of hydrogen-bond donors (Lipinski definition) is 0. The molecule has 0 saturated carbocycles. The Labute approximate surface area is 128 Å². The summed E-state index contributed by atoms with van der Waals surface area (Å²) in [6.07, 6.45) is 3.73. The molecule has 1 atom stereocenters. The fourth-order valence-electron chi connectivity index (χ4n) is 3.31. The van der Waals surface area contributed by atoms with Gasteiger partial charge in [-0.15, -0.1) is 0 Å². The maximum absolute atomic E-state index is 6.19. The van der Waals surface area contributed by atoms with Gasteiger partial charge >= 0.3 is 0 Å². The van der Waals surface area contributed by atoms with Gasteiger partial charge in [0.25, 0.3) is 0 Å². The van der Waals surface area contributed by atoms with Crippen LogP contribution in [0.2, 0.25) is 0 Å². The van der Waals surface area contributed by atoms with Gasteiger partial charge in [-0.3, -0.25) is 0 Å². The summed E-state index contributed by atoms with van der Waals surface area (Å²) in [5.74, 6) is 2.09. The third-order valence-corrected chi connectivity index (χ3v) is 4.47. The highest BCUT2D eigenvalue weighted by atomic mass is 16.5. The number of ether oxygens (including phenoxy) is 1. The third kappa shape index (κ3) is 3.12. The van der Waals surface area contributed by atoms with Crippen LogP contribution in [0.15, 0.2) is 48.5 Å². The first kappa shape index (κ1) is 14.2. The van der Waals surface area contributed by atoms with E-state index in [-0.39, 0.29) is 0 Å². The first-order valence-electron chi connectivity index (χ1n) is 8.05. The summed E-state index contributed by atoms with van der Waals surface area (Å²) in [6, 6.07) is 17.3. The first-order valence-corrected chi connectivity index (χ1v) is 8.05. The highest BCUT2D eigenvalue weighted by Crippen LogP contribution is 2.33. The Kier molecular flexibility index (Phi) is 4.28. The van der Waals surface area contributed by atoms with E-state index in [0.29, 0.717) is 11.8 Å². The number of hydrogen-bond acceptors (Lipinski definition) is 1. The Morgan fingerprint density at radius 3 is 2.67 bits per heavy atom. The predicted molar refractivity (Wildman–Crippen MR) is 88.1 cm³/mol. The molecule has 3 rings (SSSR count). The van der Waals surface area contributed by atoms with Crippen LogP contribution in [0.25, 0.3) is 0 Å². The molecule has 0 saturated heterocycles. The quantitative estimate of drug-likeness (QED) is 0.737. The fraction of sp³-hybridized carbons (Fsp3) is 0.400. The normalized spacial score (nSPS) is 17.6. The lowest BCUT2D eigenvalue weighted by Gasteiger charge is -2.26. The van der Waals surface area contributed by atoms with Gasteiger partial charge in [0.15, 0.2) is 0 Å². The molecule has 0 radical (unpaired) electrons. The summed E-state index contributed by atoms with van der Waals surface area (Å²) in [6.45, 7) is 5.23. The molecule has 1 nitrogen and oxygen atoms in total. The van der Waals surface area contributed by atoms with Crippen molar-refractivity contribution >= 4 is 0 Å². The van der Waals surface area contributed by atoms with Gasteiger partial charge in [0.1, 0.15) is 5.75 Å². The number of rotatable bonds is 4. The summed E-state index contributed by atoms with van der Waals surface area (Å²) in [4.78, 5) is 0.